The third kappa shape index (κ3) is 3.23. The second-order valence-corrected chi connectivity index (χ2v) is 5.64. The summed E-state index contributed by atoms with van der Waals surface area (Å²) in [6.45, 7) is 4.02. The molecule has 20 heavy (non-hydrogen) atoms. The fourth-order valence-electron chi connectivity index (χ4n) is 2.05. The van der Waals surface area contributed by atoms with Gasteiger partial charge in [0.05, 0.1) is 0 Å². The van der Waals surface area contributed by atoms with E-state index in [9.17, 15) is 14.0 Å². The van der Waals surface area contributed by atoms with Crippen LogP contribution in [0.4, 0.5) is 10.1 Å². The number of benzene rings is 1. The first-order chi connectivity index (χ1) is 9.29. The van der Waals surface area contributed by atoms with E-state index >= 15 is 0 Å². The first kappa shape index (κ1) is 14.2. The molecule has 1 aromatic carbocycles. The second-order valence-electron chi connectivity index (χ2n) is 5.64. The maximum absolute atomic E-state index is 13.7. The summed E-state index contributed by atoms with van der Waals surface area (Å²) in [6, 6.07) is 4.18. The van der Waals surface area contributed by atoms with Gasteiger partial charge in [-0.05, 0) is 36.1 Å². The van der Waals surface area contributed by atoms with Gasteiger partial charge in [-0.15, -0.1) is 0 Å². The summed E-state index contributed by atoms with van der Waals surface area (Å²) in [6.07, 6.45) is 2.87. The van der Waals surface area contributed by atoms with Gasteiger partial charge in [-0.3, -0.25) is 4.79 Å². The first-order valence-corrected chi connectivity index (χ1v) is 6.31. The Morgan fingerprint density at radius 2 is 2.10 bits per heavy atom. The Labute approximate surface area is 116 Å². The average molecular weight is 277 g/mol. The lowest BCUT2D eigenvalue weighted by atomic mass is 10.1. The van der Waals surface area contributed by atoms with Gasteiger partial charge in [0, 0.05) is 23.2 Å². The van der Waals surface area contributed by atoms with Crippen molar-refractivity contribution in [2.45, 2.75) is 20.3 Å². The van der Waals surface area contributed by atoms with Crippen LogP contribution < -0.4 is 5.32 Å². The zero-order valence-corrected chi connectivity index (χ0v) is 11.3. The van der Waals surface area contributed by atoms with Gasteiger partial charge in [-0.1, -0.05) is 13.8 Å². The number of hydrogen-bond acceptors (Lipinski definition) is 2. The van der Waals surface area contributed by atoms with Crippen molar-refractivity contribution in [3.05, 3.63) is 35.7 Å². The van der Waals surface area contributed by atoms with Crippen LogP contribution in [0, 0.1) is 17.2 Å². The Bertz CT molecular complexity index is 593. The number of aliphatic carboxylic acids is 1. The second kappa shape index (κ2) is 5.07. The fraction of sp³-hybridized carbons (Fsp3) is 0.333. The predicted molar refractivity (Wildman–Crippen MR) is 73.6 cm³/mol. The van der Waals surface area contributed by atoms with Crippen molar-refractivity contribution >= 4 is 23.6 Å². The van der Waals surface area contributed by atoms with Gasteiger partial charge in [0.15, 0.2) is 0 Å². The lowest BCUT2D eigenvalue weighted by Gasteiger charge is -2.07. The molecule has 2 rings (SSSR count). The summed E-state index contributed by atoms with van der Waals surface area (Å²) < 4.78 is 13.7. The number of carbonyl (C=O) groups excluding carboxylic acids is 1. The minimum absolute atomic E-state index is 0.0206. The maximum Gasteiger partial charge on any atom is 0.328 e. The van der Waals surface area contributed by atoms with Crippen molar-refractivity contribution in [3.63, 3.8) is 0 Å². The third-order valence-corrected chi connectivity index (χ3v) is 3.50. The molecule has 0 radical (unpaired) electrons. The molecular formula is C15H16FNO3. The van der Waals surface area contributed by atoms with E-state index < -0.39 is 11.8 Å². The van der Waals surface area contributed by atoms with E-state index in [1.165, 1.54) is 18.2 Å². The molecule has 1 fully saturated rings. The molecule has 1 aromatic rings. The van der Waals surface area contributed by atoms with Crippen LogP contribution in [0.25, 0.3) is 6.08 Å². The van der Waals surface area contributed by atoms with E-state index in [0.29, 0.717) is 5.69 Å². The van der Waals surface area contributed by atoms with Crippen LogP contribution in [0.2, 0.25) is 0 Å². The number of anilines is 1. The molecule has 0 saturated heterocycles. The molecule has 0 spiro atoms. The van der Waals surface area contributed by atoms with Crippen molar-refractivity contribution in [1.29, 1.82) is 0 Å². The highest BCUT2D eigenvalue weighted by atomic mass is 19.1. The van der Waals surface area contributed by atoms with E-state index in [1.807, 2.05) is 13.8 Å². The van der Waals surface area contributed by atoms with Crippen LogP contribution in [0.3, 0.4) is 0 Å². The molecule has 5 heteroatoms. The lowest BCUT2D eigenvalue weighted by molar-refractivity contribution is -0.131. The molecule has 4 nitrogen and oxygen atoms in total. The van der Waals surface area contributed by atoms with Crippen molar-refractivity contribution in [2.75, 3.05) is 5.32 Å². The molecule has 1 aliphatic rings. The highest BCUT2D eigenvalue weighted by molar-refractivity contribution is 5.95. The Kier molecular flexibility index (Phi) is 3.61. The monoisotopic (exact) mass is 277 g/mol. The minimum Gasteiger partial charge on any atom is -0.478 e. The van der Waals surface area contributed by atoms with Crippen molar-refractivity contribution < 1.29 is 19.1 Å². The number of carboxylic acid groups (broad SMARTS) is 1. The van der Waals surface area contributed by atoms with Gasteiger partial charge in [-0.2, -0.15) is 0 Å². The van der Waals surface area contributed by atoms with Crippen LogP contribution in [0.15, 0.2) is 24.3 Å². The molecule has 1 aliphatic carbocycles. The standard InChI is InChI=1S/C15H16FNO3/c1-15(2)8-11(15)14(20)17-10-5-3-9(12(16)7-10)4-6-13(18)19/h3-7,11H,8H2,1-2H3,(H,17,20)(H,18,19)/b6-4+. The number of halogens is 1. The highest BCUT2D eigenvalue weighted by Crippen LogP contribution is 2.51. The van der Waals surface area contributed by atoms with Crippen molar-refractivity contribution in [1.82, 2.24) is 0 Å². The molecule has 1 amide bonds. The van der Waals surface area contributed by atoms with Crippen LogP contribution >= 0.6 is 0 Å². The van der Waals surface area contributed by atoms with Gasteiger partial charge >= 0.3 is 5.97 Å². The Morgan fingerprint density at radius 1 is 1.45 bits per heavy atom. The predicted octanol–water partition coefficient (Wildman–Crippen LogP) is 2.91. The number of amides is 1. The van der Waals surface area contributed by atoms with E-state index in [1.54, 1.807) is 6.07 Å². The van der Waals surface area contributed by atoms with E-state index in [4.69, 9.17) is 5.11 Å². The number of rotatable bonds is 4. The zero-order chi connectivity index (χ0) is 14.9. The Hall–Kier alpha value is -2.17. The summed E-state index contributed by atoms with van der Waals surface area (Å²) in [4.78, 5) is 22.2. The average Bonchev–Trinajstić information content (AvgIpc) is 2.97. The normalized spacial score (nSPS) is 19.9. The van der Waals surface area contributed by atoms with E-state index in [-0.39, 0.29) is 22.8 Å². The number of carboxylic acids is 1. The molecule has 2 N–H and O–H groups in total. The quantitative estimate of drug-likeness (QED) is 0.832. The molecule has 0 bridgehead atoms. The highest BCUT2D eigenvalue weighted by Gasteiger charge is 2.50. The topological polar surface area (TPSA) is 66.4 Å². The van der Waals surface area contributed by atoms with Crippen LogP contribution in [-0.4, -0.2) is 17.0 Å². The van der Waals surface area contributed by atoms with Crippen LogP contribution in [-0.2, 0) is 9.59 Å². The summed E-state index contributed by atoms with van der Waals surface area (Å²) in [5.74, 6) is -1.85. The summed E-state index contributed by atoms with van der Waals surface area (Å²) >= 11 is 0. The molecule has 1 atom stereocenters. The first-order valence-electron chi connectivity index (χ1n) is 6.31. The molecule has 0 heterocycles. The van der Waals surface area contributed by atoms with Gasteiger partial charge < -0.3 is 10.4 Å². The van der Waals surface area contributed by atoms with E-state index in [2.05, 4.69) is 5.32 Å². The number of hydrogen-bond donors (Lipinski definition) is 2. The van der Waals surface area contributed by atoms with Gasteiger partial charge in [0.1, 0.15) is 5.82 Å². The Morgan fingerprint density at radius 3 is 2.60 bits per heavy atom. The molecule has 106 valence electrons. The molecule has 0 aromatic heterocycles. The maximum atomic E-state index is 13.7. The fourth-order valence-corrected chi connectivity index (χ4v) is 2.05. The third-order valence-electron chi connectivity index (χ3n) is 3.50. The Balaban J connectivity index is 2.06. The minimum atomic E-state index is -1.14. The summed E-state index contributed by atoms with van der Waals surface area (Å²) in [5, 5.41) is 11.2. The molecule has 1 unspecified atom stereocenters. The number of nitrogens with one attached hydrogen (secondary N) is 1. The SMILES string of the molecule is CC1(C)CC1C(=O)Nc1ccc(/C=C/C(=O)O)c(F)c1. The van der Waals surface area contributed by atoms with E-state index in [0.717, 1.165) is 12.5 Å². The van der Waals surface area contributed by atoms with Crippen LogP contribution in [0.5, 0.6) is 0 Å². The number of carbonyl (C=O) groups is 2. The van der Waals surface area contributed by atoms with Gasteiger partial charge in [0.2, 0.25) is 5.91 Å². The zero-order valence-electron chi connectivity index (χ0n) is 11.3. The van der Waals surface area contributed by atoms with Gasteiger partial charge in [0.25, 0.3) is 0 Å². The van der Waals surface area contributed by atoms with Crippen molar-refractivity contribution in [3.8, 4) is 0 Å². The van der Waals surface area contributed by atoms with Gasteiger partial charge in [-0.25, -0.2) is 9.18 Å². The summed E-state index contributed by atoms with van der Waals surface area (Å²) in [7, 11) is 0. The smallest absolute Gasteiger partial charge is 0.328 e. The summed E-state index contributed by atoms with van der Waals surface area (Å²) in [5.41, 5.74) is 0.562. The molecular weight excluding hydrogens is 261 g/mol. The molecule has 1 saturated carbocycles. The largest absolute Gasteiger partial charge is 0.478 e. The lowest BCUT2D eigenvalue weighted by Crippen LogP contribution is -2.16. The van der Waals surface area contributed by atoms with Crippen molar-refractivity contribution in [2.24, 2.45) is 11.3 Å². The molecule has 0 aliphatic heterocycles. The van der Waals surface area contributed by atoms with Crippen LogP contribution in [0.1, 0.15) is 25.8 Å².